The van der Waals surface area contributed by atoms with E-state index in [4.69, 9.17) is 16.3 Å². The van der Waals surface area contributed by atoms with Gasteiger partial charge in [0.2, 0.25) is 5.95 Å². The van der Waals surface area contributed by atoms with Crippen molar-refractivity contribution < 1.29 is 36.0 Å². The van der Waals surface area contributed by atoms with E-state index in [9.17, 15) is 26.4 Å². The Kier molecular flexibility index (Phi) is 9.93. The van der Waals surface area contributed by atoms with Crippen LogP contribution in [-0.4, -0.2) is 81.0 Å². The molecule has 3 aromatic rings. The van der Waals surface area contributed by atoms with Crippen molar-refractivity contribution in [3.63, 3.8) is 0 Å². The van der Waals surface area contributed by atoms with E-state index in [1.54, 1.807) is 18.2 Å². The first-order valence-corrected chi connectivity index (χ1v) is 14.7. The van der Waals surface area contributed by atoms with Crippen LogP contribution in [0.1, 0.15) is 0 Å². The number of halogens is 4. The highest BCUT2D eigenvalue weighted by molar-refractivity contribution is 7.91. The predicted octanol–water partition coefficient (Wildman–Crippen LogP) is 3.69. The number of hydrogen-bond donors (Lipinski definition) is 3. The lowest BCUT2D eigenvalue weighted by Crippen LogP contribution is -2.44. The second-order valence-electron chi connectivity index (χ2n) is 8.99. The lowest BCUT2D eigenvalue weighted by Gasteiger charge is -2.26. The summed E-state index contributed by atoms with van der Waals surface area (Å²) < 4.78 is 68.8. The molecule has 0 amide bonds. The molecule has 1 fully saturated rings. The van der Waals surface area contributed by atoms with Crippen molar-refractivity contribution >= 4 is 56.4 Å². The monoisotopic (exact) mass is 629 g/mol. The van der Waals surface area contributed by atoms with Crippen molar-refractivity contribution in [2.24, 2.45) is 0 Å². The van der Waals surface area contributed by atoms with E-state index in [-0.39, 0.29) is 26.9 Å². The fourth-order valence-electron chi connectivity index (χ4n) is 3.82. The van der Waals surface area contributed by atoms with Gasteiger partial charge in [0.25, 0.3) is 10.0 Å². The molecule has 4 rings (SSSR count). The van der Waals surface area contributed by atoms with E-state index in [0.29, 0.717) is 24.3 Å². The van der Waals surface area contributed by atoms with E-state index < -0.39 is 27.9 Å². The van der Waals surface area contributed by atoms with E-state index in [2.05, 4.69) is 35.7 Å². The summed E-state index contributed by atoms with van der Waals surface area (Å²) in [4.78, 5) is 26.4. The van der Waals surface area contributed by atoms with Crippen LogP contribution < -0.4 is 25.2 Å². The van der Waals surface area contributed by atoms with Gasteiger partial charge in [-0.3, -0.25) is 4.90 Å². The molecule has 3 N–H and O–H groups in total. The third-order valence-electron chi connectivity index (χ3n) is 5.77. The van der Waals surface area contributed by atoms with Crippen LogP contribution in [0.2, 0.25) is 5.02 Å². The molecular formula is C25H27ClF3N7O5S. The highest BCUT2D eigenvalue weighted by atomic mass is 35.5. The second-order valence-corrected chi connectivity index (χ2v) is 11.2. The summed E-state index contributed by atoms with van der Waals surface area (Å²) in [6.07, 6.45) is -3.58. The van der Waals surface area contributed by atoms with E-state index in [1.807, 2.05) is 6.07 Å². The number of carbonyl (C=O) groups excluding carboxylic acids is 1. The van der Waals surface area contributed by atoms with Crippen LogP contribution in [0, 0.1) is 0 Å². The standard InChI is InChI=1S/C25H27ClF3N7O5S/c1-42(38,39)36(41-23(37)25(27,28)29)21-8-3-2-7-20(21)33-22-19(26)16-31-24(34-22)32-17-5-4-6-18(15-17)40-14-13-35-11-9-30-10-12-35/h2-8,15-16,30H,9-14H2,1H3,(H2,31,32,33,34). The largest absolute Gasteiger partial charge is 0.493 e. The Morgan fingerprint density at radius 2 is 1.88 bits per heavy atom. The van der Waals surface area contributed by atoms with Crippen molar-refractivity contribution in [2.45, 2.75) is 6.18 Å². The number of benzene rings is 2. The van der Waals surface area contributed by atoms with Crippen molar-refractivity contribution in [3.05, 3.63) is 59.8 Å². The number of nitrogens with zero attached hydrogens (tertiary/aromatic N) is 4. The first kappa shape index (κ1) is 31.1. The molecule has 1 aliphatic heterocycles. The van der Waals surface area contributed by atoms with Crippen molar-refractivity contribution in [3.8, 4) is 5.75 Å². The Hall–Kier alpha value is -3.86. The first-order chi connectivity index (χ1) is 19.9. The molecule has 0 unspecified atom stereocenters. The number of anilines is 5. The van der Waals surface area contributed by atoms with Gasteiger partial charge in [-0.05, 0) is 24.3 Å². The smallest absolute Gasteiger partial charge is 0.492 e. The Morgan fingerprint density at radius 1 is 1.14 bits per heavy atom. The average molecular weight is 630 g/mol. The molecule has 226 valence electrons. The van der Waals surface area contributed by atoms with E-state index >= 15 is 0 Å². The Bertz CT molecular complexity index is 1510. The molecule has 2 heterocycles. The van der Waals surface area contributed by atoms with Crippen LogP contribution in [-0.2, 0) is 19.7 Å². The third kappa shape index (κ3) is 8.58. The molecule has 2 aromatic carbocycles. The number of para-hydroxylation sites is 2. The number of alkyl halides is 3. The van der Waals surface area contributed by atoms with Gasteiger partial charge in [-0.15, -0.1) is 0 Å². The van der Waals surface area contributed by atoms with Crippen LogP contribution in [0.25, 0.3) is 0 Å². The molecule has 12 nitrogen and oxygen atoms in total. The fourth-order valence-corrected chi connectivity index (χ4v) is 4.68. The average Bonchev–Trinajstić information content (AvgIpc) is 2.93. The molecule has 17 heteroatoms. The number of rotatable bonds is 11. The fraction of sp³-hybridized carbons (Fsp3) is 0.320. The maximum atomic E-state index is 12.8. The van der Waals surface area contributed by atoms with Crippen LogP contribution in [0.5, 0.6) is 5.75 Å². The number of aromatic nitrogens is 2. The zero-order valence-electron chi connectivity index (χ0n) is 22.2. The molecule has 0 spiro atoms. The number of sulfonamides is 1. The Morgan fingerprint density at radius 3 is 2.60 bits per heavy atom. The van der Waals surface area contributed by atoms with Crippen molar-refractivity contribution in [1.29, 1.82) is 0 Å². The minimum atomic E-state index is -5.44. The van der Waals surface area contributed by atoms with Gasteiger partial charge >= 0.3 is 12.1 Å². The van der Waals surface area contributed by atoms with Gasteiger partial charge in [0.05, 0.1) is 18.1 Å². The predicted molar refractivity (Wildman–Crippen MR) is 151 cm³/mol. The number of nitrogens with one attached hydrogen (secondary N) is 3. The minimum Gasteiger partial charge on any atom is -0.492 e. The molecular weight excluding hydrogens is 603 g/mol. The number of piperazine rings is 1. The van der Waals surface area contributed by atoms with Gasteiger partial charge in [-0.1, -0.05) is 34.3 Å². The molecule has 1 saturated heterocycles. The topological polar surface area (TPSA) is 138 Å². The number of hydrogen-bond acceptors (Lipinski definition) is 11. The first-order valence-electron chi connectivity index (χ1n) is 12.5. The SMILES string of the molecule is CS(=O)(=O)N(OC(=O)C(F)(F)F)c1ccccc1Nc1nc(Nc2cccc(OCCN3CCNCC3)c2)ncc1Cl. The molecule has 0 bridgehead atoms. The van der Waals surface area contributed by atoms with E-state index in [0.717, 1.165) is 38.8 Å². The van der Waals surface area contributed by atoms with Gasteiger partial charge in [-0.25, -0.2) is 18.2 Å². The highest BCUT2D eigenvalue weighted by Crippen LogP contribution is 2.34. The zero-order chi connectivity index (χ0) is 30.3. The summed E-state index contributed by atoms with van der Waals surface area (Å²) >= 11 is 6.25. The summed E-state index contributed by atoms with van der Waals surface area (Å²) in [6.45, 7) is 5.13. The van der Waals surface area contributed by atoms with Gasteiger partial charge < -0.3 is 25.5 Å². The summed E-state index contributed by atoms with van der Waals surface area (Å²) in [7, 11) is -4.51. The van der Waals surface area contributed by atoms with Crippen molar-refractivity contribution in [2.75, 3.05) is 60.7 Å². The molecule has 1 aliphatic rings. The lowest BCUT2D eigenvalue weighted by atomic mass is 10.2. The van der Waals surface area contributed by atoms with Crippen LogP contribution in [0.3, 0.4) is 0 Å². The van der Waals surface area contributed by atoms with Gasteiger partial charge in [0.15, 0.2) is 5.82 Å². The molecule has 0 atom stereocenters. The Labute approximate surface area is 244 Å². The maximum absolute atomic E-state index is 12.8. The van der Waals surface area contributed by atoms with Crippen LogP contribution in [0.15, 0.2) is 54.7 Å². The summed E-state index contributed by atoms with van der Waals surface area (Å²) in [6, 6.07) is 12.4. The quantitative estimate of drug-likeness (QED) is 0.268. The third-order valence-corrected chi connectivity index (χ3v) is 6.92. The number of carbonyl (C=O) groups is 1. The zero-order valence-corrected chi connectivity index (χ0v) is 23.8. The summed E-state index contributed by atoms with van der Waals surface area (Å²) in [5, 5.41) is 9.10. The molecule has 0 aliphatic carbocycles. The van der Waals surface area contributed by atoms with Gasteiger partial charge in [0, 0.05) is 44.5 Å². The minimum absolute atomic E-state index is 0.0125. The van der Waals surface area contributed by atoms with Crippen molar-refractivity contribution in [1.82, 2.24) is 20.2 Å². The second kappa shape index (κ2) is 13.4. The van der Waals surface area contributed by atoms with Crippen LogP contribution >= 0.6 is 11.6 Å². The van der Waals surface area contributed by atoms with Gasteiger partial charge in [0.1, 0.15) is 23.1 Å². The van der Waals surface area contributed by atoms with Gasteiger partial charge in [-0.2, -0.15) is 18.2 Å². The molecule has 1 aromatic heterocycles. The number of ether oxygens (including phenoxy) is 1. The normalized spacial score (nSPS) is 14.2. The Balaban J connectivity index is 1.49. The summed E-state index contributed by atoms with van der Waals surface area (Å²) in [5.74, 6) is -2.00. The van der Waals surface area contributed by atoms with E-state index in [1.165, 1.54) is 24.4 Å². The highest BCUT2D eigenvalue weighted by Gasteiger charge is 2.44. The maximum Gasteiger partial charge on any atom is 0.493 e. The summed E-state index contributed by atoms with van der Waals surface area (Å²) in [5.41, 5.74) is 0.0995. The van der Waals surface area contributed by atoms with Crippen LogP contribution in [0.4, 0.5) is 42.0 Å². The molecule has 0 radical (unpaired) electrons. The lowest BCUT2D eigenvalue weighted by molar-refractivity contribution is -0.199. The molecule has 0 saturated carbocycles. The molecule has 42 heavy (non-hydrogen) atoms.